The number of H-pyrrole nitrogens is 1. The molecule has 1 aliphatic carbocycles. The molecule has 0 saturated heterocycles. The first kappa shape index (κ1) is 13.8. The van der Waals surface area contributed by atoms with E-state index in [4.69, 9.17) is 0 Å². The first-order chi connectivity index (χ1) is 11.3. The summed E-state index contributed by atoms with van der Waals surface area (Å²) in [5, 5.41) is 4.12. The molecule has 2 aromatic heterocycles. The number of aromatic nitrogens is 2. The van der Waals surface area contributed by atoms with E-state index in [2.05, 4.69) is 39.6 Å². The van der Waals surface area contributed by atoms with Crippen LogP contribution in [0.25, 0.3) is 11.0 Å². The second kappa shape index (κ2) is 5.43. The maximum absolute atomic E-state index is 11.9. The van der Waals surface area contributed by atoms with Crippen LogP contribution in [-0.4, -0.2) is 29.5 Å². The van der Waals surface area contributed by atoms with E-state index in [-0.39, 0.29) is 6.04 Å². The van der Waals surface area contributed by atoms with Crippen molar-refractivity contribution in [3.05, 3.63) is 53.9 Å². The number of hydrogen-bond acceptors (Lipinski definition) is 3. The van der Waals surface area contributed by atoms with Crippen molar-refractivity contribution in [2.45, 2.75) is 18.9 Å². The van der Waals surface area contributed by atoms with Gasteiger partial charge in [0.05, 0.1) is 17.6 Å². The van der Waals surface area contributed by atoms with Crippen molar-refractivity contribution in [3.63, 3.8) is 0 Å². The van der Waals surface area contributed by atoms with E-state index in [1.54, 1.807) is 6.20 Å². The highest BCUT2D eigenvalue weighted by Crippen LogP contribution is 2.36. The van der Waals surface area contributed by atoms with Crippen LogP contribution in [0, 0.1) is 0 Å². The first-order valence-corrected chi connectivity index (χ1v) is 7.76. The summed E-state index contributed by atoms with van der Waals surface area (Å²) in [6, 6.07) is 10.5. The number of fused-ring (bicyclic) bond motifs is 2. The van der Waals surface area contributed by atoms with Crippen LogP contribution in [0.3, 0.4) is 0 Å². The Morgan fingerprint density at radius 2 is 2.00 bits per heavy atom. The van der Waals surface area contributed by atoms with Gasteiger partial charge in [0.2, 0.25) is 6.41 Å². The monoisotopic (exact) mass is 306 g/mol. The Morgan fingerprint density at radius 1 is 1.26 bits per heavy atom. The van der Waals surface area contributed by atoms with Crippen molar-refractivity contribution < 1.29 is 4.79 Å². The van der Waals surface area contributed by atoms with E-state index in [1.807, 2.05) is 24.2 Å². The maximum Gasteiger partial charge on any atom is 0.214 e. The number of hydrogen-bond donors (Lipinski definition) is 2. The molecule has 1 aliphatic rings. The summed E-state index contributed by atoms with van der Waals surface area (Å²) in [5.74, 6) is 0. The molecule has 116 valence electrons. The lowest BCUT2D eigenvalue weighted by Gasteiger charge is -2.27. The van der Waals surface area contributed by atoms with Gasteiger partial charge in [-0.2, -0.15) is 0 Å². The highest BCUT2D eigenvalue weighted by molar-refractivity contribution is 6.02. The molecule has 0 atom stereocenters. The van der Waals surface area contributed by atoms with Crippen LogP contribution in [0.5, 0.6) is 0 Å². The summed E-state index contributed by atoms with van der Waals surface area (Å²) in [4.78, 5) is 21.3. The largest absolute Gasteiger partial charge is 0.385 e. The molecule has 5 heteroatoms. The number of carbonyl (C=O) groups excluding carboxylic acids is 1. The number of amides is 1. The molecule has 0 bridgehead atoms. The predicted molar refractivity (Wildman–Crippen MR) is 91.8 cm³/mol. The van der Waals surface area contributed by atoms with E-state index in [1.165, 1.54) is 11.1 Å². The smallest absolute Gasteiger partial charge is 0.214 e. The molecule has 1 amide bonds. The van der Waals surface area contributed by atoms with Crippen LogP contribution in [0.1, 0.15) is 11.1 Å². The lowest BCUT2D eigenvalue weighted by Crippen LogP contribution is -2.35. The van der Waals surface area contributed by atoms with E-state index in [0.29, 0.717) is 0 Å². The first-order valence-electron chi connectivity index (χ1n) is 7.76. The summed E-state index contributed by atoms with van der Waals surface area (Å²) in [7, 11) is 1.85. The second-order valence-corrected chi connectivity index (χ2v) is 5.85. The molecule has 0 radical (unpaired) electrons. The third-order valence-electron chi connectivity index (χ3n) is 4.62. The van der Waals surface area contributed by atoms with Crippen LogP contribution >= 0.6 is 0 Å². The van der Waals surface area contributed by atoms with Gasteiger partial charge < -0.3 is 15.2 Å². The molecule has 0 unspecified atom stereocenters. The number of rotatable bonds is 4. The maximum atomic E-state index is 11.9. The highest BCUT2D eigenvalue weighted by atomic mass is 16.1. The van der Waals surface area contributed by atoms with Gasteiger partial charge >= 0.3 is 0 Å². The van der Waals surface area contributed by atoms with Gasteiger partial charge in [0.1, 0.15) is 5.65 Å². The minimum Gasteiger partial charge on any atom is -0.385 e. The summed E-state index contributed by atoms with van der Waals surface area (Å²) < 4.78 is 0. The van der Waals surface area contributed by atoms with E-state index >= 15 is 0 Å². The fourth-order valence-electron chi connectivity index (χ4n) is 3.51. The van der Waals surface area contributed by atoms with Crippen LogP contribution in [-0.2, 0) is 17.6 Å². The molecule has 1 aromatic carbocycles. The summed E-state index contributed by atoms with van der Waals surface area (Å²) in [5.41, 5.74) is 5.21. The number of aromatic amines is 1. The van der Waals surface area contributed by atoms with Crippen molar-refractivity contribution >= 4 is 28.8 Å². The highest BCUT2D eigenvalue weighted by Gasteiger charge is 2.29. The quantitative estimate of drug-likeness (QED) is 0.729. The molecule has 0 fully saturated rings. The van der Waals surface area contributed by atoms with E-state index < -0.39 is 0 Å². The van der Waals surface area contributed by atoms with Gasteiger partial charge in [-0.3, -0.25) is 4.79 Å². The van der Waals surface area contributed by atoms with Crippen LogP contribution in [0.15, 0.2) is 42.7 Å². The standard InChI is InChI=1S/C18H18N4O/c1-19-16-10-21-18-15(6-7-20-18)17(16)22(11-23)14-8-12-4-2-3-5-13(12)9-14/h2-7,10-11,14,19H,8-9H2,1H3,(H,20,21). The van der Waals surface area contributed by atoms with Crippen LogP contribution in [0.4, 0.5) is 11.4 Å². The molecule has 3 aromatic rings. The van der Waals surface area contributed by atoms with E-state index in [9.17, 15) is 4.79 Å². The Labute approximate surface area is 134 Å². The lowest BCUT2D eigenvalue weighted by molar-refractivity contribution is -0.107. The number of nitrogens with one attached hydrogen (secondary N) is 2. The number of benzene rings is 1. The van der Waals surface area contributed by atoms with Gasteiger partial charge in [0, 0.05) is 24.7 Å². The molecule has 2 N–H and O–H groups in total. The molecular weight excluding hydrogens is 288 g/mol. The van der Waals surface area contributed by atoms with Crippen molar-refractivity contribution in [2.24, 2.45) is 0 Å². The Balaban J connectivity index is 1.79. The number of nitrogens with zero attached hydrogens (tertiary/aromatic N) is 2. The molecule has 5 nitrogen and oxygen atoms in total. The summed E-state index contributed by atoms with van der Waals surface area (Å²) in [6.45, 7) is 0. The fourth-order valence-corrected chi connectivity index (χ4v) is 3.51. The zero-order valence-electron chi connectivity index (χ0n) is 12.9. The Morgan fingerprint density at radius 3 is 2.65 bits per heavy atom. The van der Waals surface area contributed by atoms with Gasteiger partial charge in [0.25, 0.3) is 0 Å². The number of pyridine rings is 1. The average molecular weight is 306 g/mol. The summed E-state index contributed by atoms with van der Waals surface area (Å²) in [6.07, 6.45) is 6.33. The Kier molecular flexibility index (Phi) is 3.26. The molecule has 0 spiro atoms. The van der Waals surface area contributed by atoms with Crippen LogP contribution in [0.2, 0.25) is 0 Å². The predicted octanol–water partition coefficient (Wildman–Crippen LogP) is 2.73. The minimum absolute atomic E-state index is 0.137. The van der Waals surface area contributed by atoms with Crippen molar-refractivity contribution in [1.29, 1.82) is 0 Å². The molecular formula is C18H18N4O. The van der Waals surface area contributed by atoms with Gasteiger partial charge in [-0.05, 0) is 30.0 Å². The normalized spacial score (nSPS) is 14.0. The molecule has 23 heavy (non-hydrogen) atoms. The molecule has 4 rings (SSSR count). The second-order valence-electron chi connectivity index (χ2n) is 5.85. The third-order valence-corrected chi connectivity index (χ3v) is 4.62. The zero-order valence-corrected chi connectivity index (χ0v) is 12.9. The Bertz CT molecular complexity index is 845. The van der Waals surface area contributed by atoms with Gasteiger partial charge in [-0.1, -0.05) is 24.3 Å². The fraction of sp³-hybridized carbons (Fsp3) is 0.222. The molecule has 0 saturated carbocycles. The Hall–Kier alpha value is -2.82. The van der Waals surface area contributed by atoms with Crippen LogP contribution < -0.4 is 10.2 Å². The third kappa shape index (κ3) is 2.16. The number of carbonyl (C=O) groups is 1. The van der Waals surface area contributed by atoms with Crippen molar-refractivity contribution in [1.82, 2.24) is 9.97 Å². The molecule has 0 aliphatic heterocycles. The van der Waals surface area contributed by atoms with E-state index in [0.717, 1.165) is 41.7 Å². The van der Waals surface area contributed by atoms with Crippen molar-refractivity contribution in [3.8, 4) is 0 Å². The zero-order chi connectivity index (χ0) is 15.8. The SMILES string of the molecule is CNc1cnc2[nH]ccc2c1N(C=O)C1Cc2ccccc2C1. The average Bonchev–Trinajstić information content (AvgIpc) is 3.22. The topological polar surface area (TPSA) is 61.0 Å². The summed E-state index contributed by atoms with van der Waals surface area (Å²) >= 11 is 0. The van der Waals surface area contributed by atoms with Gasteiger partial charge in [0.15, 0.2) is 0 Å². The van der Waals surface area contributed by atoms with Crippen molar-refractivity contribution in [2.75, 3.05) is 17.3 Å². The lowest BCUT2D eigenvalue weighted by atomic mass is 10.1. The molecule has 2 heterocycles. The minimum atomic E-state index is 0.137. The van der Waals surface area contributed by atoms with Gasteiger partial charge in [-0.15, -0.1) is 0 Å². The number of anilines is 2. The van der Waals surface area contributed by atoms with Gasteiger partial charge in [-0.25, -0.2) is 4.98 Å².